The fraction of sp³-hybridized carbons (Fsp3) is 0.0926. The molecule has 57 heavy (non-hydrogen) atoms. The van der Waals surface area contributed by atoms with E-state index in [4.69, 9.17) is 0 Å². The first-order chi connectivity index (χ1) is 27.8. The molecule has 0 fully saturated rings. The van der Waals surface area contributed by atoms with Gasteiger partial charge >= 0.3 is 0 Å². The average Bonchev–Trinajstić information content (AvgIpc) is 3.72. The average molecular weight is 732 g/mol. The number of aromatic nitrogens is 2. The molecule has 272 valence electrons. The normalized spacial score (nSPS) is 11.6. The highest BCUT2D eigenvalue weighted by molar-refractivity contribution is 6.13. The van der Waals surface area contributed by atoms with Crippen LogP contribution in [0.25, 0.3) is 88.4 Å². The van der Waals surface area contributed by atoms with Gasteiger partial charge in [0.05, 0.1) is 45.1 Å². The monoisotopic (exact) mass is 731 g/mol. The molecule has 0 unspecified atom stereocenters. The summed E-state index contributed by atoms with van der Waals surface area (Å²) in [7, 11) is 0. The van der Waals surface area contributed by atoms with Gasteiger partial charge in [-0.25, -0.2) is 0 Å². The van der Waals surface area contributed by atoms with Crippen molar-refractivity contribution in [2.24, 2.45) is 0 Å². The van der Waals surface area contributed by atoms with E-state index in [0.717, 1.165) is 44.6 Å². The molecule has 10 aromatic rings. The van der Waals surface area contributed by atoms with Crippen LogP contribution in [-0.4, -0.2) is 9.13 Å². The summed E-state index contributed by atoms with van der Waals surface area (Å²) in [5, 5.41) is 15.1. The fourth-order valence-electron chi connectivity index (χ4n) is 9.15. The summed E-state index contributed by atoms with van der Waals surface area (Å²) in [6, 6.07) is 59.9. The van der Waals surface area contributed by atoms with Crippen molar-refractivity contribution in [1.82, 2.24) is 9.13 Å². The van der Waals surface area contributed by atoms with Gasteiger partial charge in [0.15, 0.2) is 0 Å². The highest BCUT2D eigenvalue weighted by Gasteiger charge is 2.22. The molecule has 3 nitrogen and oxygen atoms in total. The Balaban J connectivity index is 1.23. The number of fused-ring (bicyclic) bond motifs is 6. The summed E-state index contributed by atoms with van der Waals surface area (Å²) in [5.74, 6) is 0. The molecule has 0 N–H and O–H groups in total. The molecule has 0 saturated heterocycles. The van der Waals surface area contributed by atoms with Crippen molar-refractivity contribution < 1.29 is 0 Å². The molecule has 2 heterocycles. The summed E-state index contributed by atoms with van der Waals surface area (Å²) >= 11 is 0. The van der Waals surface area contributed by atoms with E-state index in [1.54, 1.807) is 0 Å². The van der Waals surface area contributed by atoms with Crippen LogP contribution in [0.2, 0.25) is 0 Å². The topological polar surface area (TPSA) is 33.6 Å². The van der Waals surface area contributed by atoms with Gasteiger partial charge in [-0.1, -0.05) is 108 Å². The lowest BCUT2D eigenvalue weighted by Gasteiger charge is -2.19. The van der Waals surface area contributed by atoms with Crippen molar-refractivity contribution in [3.63, 3.8) is 0 Å². The maximum Gasteiger partial charge on any atom is 0.0991 e. The molecule has 0 spiro atoms. The molecular formula is C54H41N3. The van der Waals surface area contributed by atoms with Gasteiger partial charge in [-0.15, -0.1) is 0 Å². The Hall–Kier alpha value is -7.15. The van der Waals surface area contributed by atoms with E-state index in [1.807, 2.05) is 6.07 Å². The molecule has 0 atom stereocenters. The van der Waals surface area contributed by atoms with E-state index < -0.39 is 0 Å². The van der Waals surface area contributed by atoms with Crippen molar-refractivity contribution in [2.45, 2.75) is 34.6 Å². The van der Waals surface area contributed by atoms with Gasteiger partial charge in [0.25, 0.3) is 0 Å². The lowest BCUT2D eigenvalue weighted by atomic mass is 9.96. The Kier molecular flexibility index (Phi) is 7.99. The second-order valence-electron chi connectivity index (χ2n) is 15.7. The lowest BCUT2D eigenvalue weighted by Crippen LogP contribution is -2.02. The quantitative estimate of drug-likeness (QED) is 0.173. The molecule has 0 aliphatic heterocycles. The Bertz CT molecular complexity index is 3310. The minimum atomic E-state index is 0.624. The molecular weight excluding hydrogens is 691 g/mol. The highest BCUT2D eigenvalue weighted by atomic mass is 15.0. The summed E-state index contributed by atoms with van der Waals surface area (Å²) in [4.78, 5) is 0. The first kappa shape index (κ1) is 34.3. The van der Waals surface area contributed by atoms with Crippen LogP contribution in [-0.2, 0) is 0 Å². The van der Waals surface area contributed by atoms with Crippen LogP contribution in [0.15, 0.2) is 158 Å². The van der Waals surface area contributed by atoms with Crippen LogP contribution >= 0.6 is 0 Å². The summed E-state index contributed by atoms with van der Waals surface area (Å²) < 4.78 is 4.81. The molecule has 0 aliphatic rings. The number of hydrogen-bond acceptors (Lipinski definition) is 1. The first-order valence-corrected chi connectivity index (χ1v) is 19.6. The number of hydrogen-bond donors (Lipinski definition) is 0. The van der Waals surface area contributed by atoms with Crippen molar-refractivity contribution >= 4 is 43.6 Å². The predicted octanol–water partition coefficient (Wildman–Crippen LogP) is 14.3. The van der Waals surface area contributed by atoms with Crippen LogP contribution in [0, 0.1) is 45.9 Å². The molecule has 10 rings (SSSR count). The zero-order chi connectivity index (χ0) is 38.9. The molecule has 0 saturated carbocycles. The third-order valence-electron chi connectivity index (χ3n) is 11.8. The number of para-hydroxylation sites is 2. The van der Waals surface area contributed by atoms with Crippen LogP contribution in [0.3, 0.4) is 0 Å². The zero-order valence-electron chi connectivity index (χ0n) is 32.9. The highest BCUT2D eigenvalue weighted by Crippen LogP contribution is 2.43. The van der Waals surface area contributed by atoms with E-state index in [1.165, 1.54) is 71.6 Å². The van der Waals surface area contributed by atoms with E-state index in [0.29, 0.717) is 5.56 Å². The third kappa shape index (κ3) is 5.56. The zero-order valence-corrected chi connectivity index (χ0v) is 32.9. The SMILES string of the molecule is Cc1ccc(-c2ccc3c(c2)c2ccccc2n3-c2ccc(C#N)cc2-c2ccc(C)cc2-n2c3ccccc3c3cc(-c4ccc(C)cc4C)ccc32)c(C)c1. The number of benzene rings is 8. The van der Waals surface area contributed by atoms with Crippen molar-refractivity contribution in [3.05, 3.63) is 191 Å². The molecule has 8 aromatic carbocycles. The van der Waals surface area contributed by atoms with Crippen LogP contribution < -0.4 is 0 Å². The summed E-state index contributed by atoms with van der Waals surface area (Å²) in [6.45, 7) is 10.8. The first-order valence-electron chi connectivity index (χ1n) is 19.6. The second-order valence-corrected chi connectivity index (χ2v) is 15.7. The van der Waals surface area contributed by atoms with E-state index >= 15 is 0 Å². The molecule has 0 radical (unpaired) electrons. The van der Waals surface area contributed by atoms with Crippen LogP contribution in [0.1, 0.15) is 33.4 Å². The molecule has 2 aromatic heterocycles. The molecule has 0 bridgehead atoms. The van der Waals surface area contributed by atoms with Gasteiger partial charge in [0, 0.05) is 32.7 Å². The smallest absolute Gasteiger partial charge is 0.0991 e. The second kappa shape index (κ2) is 13.3. The lowest BCUT2D eigenvalue weighted by molar-refractivity contribution is 1.15. The maximum absolute atomic E-state index is 10.3. The number of nitriles is 1. The van der Waals surface area contributed by atoms with Gasteiger partial charge in [-0.2, -0.15) is 5.26 Å². The molecule has 0 aliphatic carbocycles. The standard InChI is InChI=1S/C54H41N3/c1-33-14-20-41(36(4)26-33)39-18-24-52-47(30-39)43-10-6-8-12-49(43)56(52)51-23-17-38(32-55)29-46(51)45-22-16-35(3)28-54(45)57-50-13-9-7-11-44(50)48-31-40(19-25-53(48)57)42-21-15-34(2)27-37(42)5/h6-31H,1-5H3. The Labute approximate surface area is 333 Å². The maximum atomic E-state index is 10.3. The van der Waals surface area contributed by atoms with Crippen molar-refractivity contribution in [3.8, 4) is 50.8 Å². The van der Waals surface area contributed by atoms with Crippen molar-refractivity contribution in [2.75, 3.05) is 0 Å². The van der Waals surface area contributed by atoms with Crippen molar-refractivity contribution in [1.29, 1.82) is 5.26 Å². The summed E-state index contributed by atoms with van der Waals surface area (Å²) in [5.41, 5.74) is 20.5. The Morgan fingerprint density at radius 1 is 0.368 bits per heavy atom. The number of rotatable bonds is 5. The minimum Gasteiger partial charge on any atom is -0.309 e. The molecule has 3 heteroatoms. The number of nitrogens with zero attached hydrogens (tertiary/aromatic N) is 3. The summed E-state index contributed by atoms with van der Waals surface area (Å²) in [6.07, 6.45) is 0. The van der Waals surface area contributed by atoms with E-state index in [9.17, 15) is 5.26 Å². The Morgan fingerprint density at radius 3 is 1.37 bits per heavy atom. The fourth-order valence-corrected chi connectivity index (χ4v) is 9.15. The number of aryl methyl sites for hydroxylation is 5. The third-order valence-corrected chi connectivity index (χ3v) is 11.8. The van der Waals surface area contributed by atoms with E-state index in [-0.39, 0.29) is 0 Å². The predicted molar refractivity (Wildman–Crippen MR) is 240 cm³/mol. The largest absolute Gasteiger partial charge is 0.309 e. The van der Waals surface area contributed by atoms with E-state index in [2.05, 4.69) is 201 Å². The van der Waals surface area contributed by atoms with Crippen LogP contribution in [0.5, 0.6) is 0 Å². The van der Waals surface area contributed by atoms with Gasteiger partial charge in [0.2, 0.25) is 0 Å². The van der Waals surface area contributed by atoms with Gasteiger partial charge < -0.3 is 9.13 Å². The molecule has 0 amide bonds. The minimum absolute atomic E-state index is 0.624. The van der Waals surface area contributed by atoms with Gasteiger partial charge in [-0.05, 0) is 134 Å². The Morgan fingerprint density at radius 2 is 0.842 bits per heavy atom. The van der Waals surface area contributed by atoms with Gasteiger partial charge in [-0.3, -0.25) is 0 Å². The van der Waals surface area contributed by atoms with Crippen LogP contribution in [0.4, 0.5) is 0 Å². The van der Waals surface area contributed by atoms with Gasteiger partial charge in [0.1, 0.15) is 0 Å².